The van der Waals surface area contributed by atoms with E-state index in [1.807, 2.05) is 39.0 Å². The number of para-hydroxylation sites is 1. The van der Waals surface area contributed by atoms with Crippen molar-refractivity contribution >= 4 is 17.7 Å². The van der Waals surface area contributed by atoms with Crippen molar-refractivity contribution in [3.05, 3.63) is 52.4 Å². The van der Waals surface area contributed by atoms with Crippen LogP contribution in [-0.2, 0) is 23.9 Å². The molecule has 1 N–H and O–H groups in total. The fraction of sp³-hybridized carbons (Fsp3) is 0.480. The van der Waals surface area contributed by atoms with Crippen LogP contribution in [0.5, 0.6) is 5.75 Å². The highest BCUT2D eigenvalue weighted by Gasteiger charge is 2.47. The Balaban J connectivity index is 2.21. The van der Waals surface area contributed by atoms with Gasteiger partial charge in [0.1, 0.15) is 11.7 Å². The molecule has 4 atom stereocenters. The lowest BCUT2D eigenvalue weighted by molar-refractivity contribution is -0.151. The SMILES string of the molecule is CC[C@@H](C)OC(=O)C1=C(C)NC2=C(C(=O)[C@H](C(=O)OC)[C@@H](C)C2)[C@@H]1c1ccccc1OC. The summed E-state index contributed by atoms with van der Waals surface area (Å²) in [5, 5.41) is 3.26. The Morgan fingerprint density at radius 1 is 1.22 bits per heavy atom. The number of ether oxygens (including phenoxy) is 3. The summed E-state index contributed by atoms with van der Waals surface area (Å²) in [6.07, 6.45) is 0.873. The third-order valence-corrected chi connectivity index (χ3v) is 6.30. The van der Waals surface area contributed by atoms with Gasteiger partial charge in [-0.1, -0.05) is 32.0 Å². The highest BCUT2D eigenvalue weighted by Crippen LogP contribution is 2.47. The minimum Gasteiger partial charge on any atom is -0.496 e. The molecule has 0 unspecified atom stereocenters. The zero-order valence-corrected chi connectivity index (χ0v) is 19.5. The van der Waals surface area contributed by atoms with E-state index in [9.17, 15) is 14.4 Å². The summed E-state index contributed by atoms with van der Waals surface area (Å²) in [5.74, 6) is -2.73. The van der Waals surface area contributed by atoms with Crippen LogP contribution in [0.4, 0.5) is 0 Å². The molecule has 0 bridgehead atoms. The molecule has 0 saturated carbocycles. The minimum atomic E-state index is -0.928. The van der Waals surface area contributed by atoms with Crippen LogP contribution >= 0.6 is 0 Å². The molecule has 1 heterocycles. The number of allylic oxidation sites excluding steroid dienone is 3. The number of carbonyl (C=O) groups is 3. The van der Waals surface area contributed by atoms with Crippen LogP contribution in [-0.4, -0.2) is 38.0 Å². The van der Waals surface area contributed by atoms with Gasteiger partial charge < -0.3 is 19.5 Å². The van der Waals surface area contributed by atoms with Crippen molar-refractivity contribution in [1.82, 2.24) is 5.32 Å². The van der Waals surface area contributed by atoms with Crippen molar-refractivity contribution in [2.45, 2.75) is 52.6 Å². The summed E-state index contributed by atoms with van der Waals surface area (Å²) in [4.78, 5) is 39.5. The second-order valence-corrected chi connectivity index (χ2v) is 8.40. The Labute approximate surface area is 188 Å². The van der Waals surface area contributed by atoms with Crippen molar-refractivity contribution < 1.29 is 28.6 Å². The average molecular weight is 442 g/mol. The van der Waals surface area contributed by atoms with Gasteiger partial charge in [-0.15, -0.1) is 0 Å². The molecular weight excluding hydrogens is 410 g/mol. The van der Waals surface area contributed by atoms with E-state index in [-0.39, 0.29) is 17.8 Å². The molecular formula is C25H31NO6. The molecule has 0 aromatic heterocycles. The van der Waals surface area contributed by atoms with E-state index in [1.54, 1.807) is 20.1 Å². The fourth-order valence-electron chi connectivity index (χ4n) is 4.50. The zero-order chi connectivity index (χ0) is 23.6. The number of rotatable bonds is 6. The molecule has 0 saturated heterocycles. The van der Waals surface area contributed by atoms with E-state index in [0.717, 1.165) is 5.70 Å². The molecule has 1 aromatic rings. The maximum atomic E-state index is 13.7. The van der Waals surface area contributed by atoms with E-state index in [1.165, 1.54) is 7.11 Å². The van der Waals surface area contributed by atoms with Crippen LogP contribution < -0.4 is 10.1 Å². The van der Waals surface area contributed by atoms with Crippen molar-refractivity contribution in [2.75, 3.05) is 14.2 Å². The Kier molecular flexibility index (Phi) is 7.06. The first-order valence-corrected chi connectivity index (χ1v) is 10.9. The third kappa shape index (κ3) is 4.16. The summed E-state index contributed by atoms with van der Waals surface area (Å²) < 4.78 is 16.2. The second kappa shape index (κ2) is 9.59. The highest BCUT2D eigenvalue weighted by molar-refractivity contribution is 6.12. The number of nitrogens with one attached hydrogen (secondary N) is 1. The molecule has 0 fully saturated rings. The van der Waals surface area contributed by atoms with E-state index in [0.29, 0.717) is 41.0 Å². The van der Waals surface area contributed by atoms with Crippen LogP contribution in [0.1, 0.15) is 52.0 Å². The topological polar surface area (TPSA) is 90.9 Å². The number of Topliss-reactive ketones (excluding diaryl/α,β-unsaturated/α-hetero) is 1. The molecule has 172 valence electrons. The van der Waals surface area contributed by atoms with Crippen LogP contribution in [0.3, 0.4) is 0 Å². The number of dihydropyridines is 1. The van der Waals surface area contributed by atoms with Gasteiger partial charge in [-0.25, -0.2) is 4.79 Å². The quantitative estimate of drug-likeness (QED) is 0.532. The van der Waals surface area contributed by atoms with Gasteiger partial charge >= 0.3 is 11.9 Å². The molecule has 1 aliphatic heterocycles. The highest BCUT2D eigenvalue weighted by atomic mass is 16.5. The van der Waals surface area contributed by atoms with E-state index in [2.05, 4.69) is 5.32 Å². The Hall–Kier alpha value is -3.09. The molecule has 0 amide bonds. The van der Waals surface area contributed by atoms with Gasteiger partial charge in [-0.2, -0.15) is 0 Å². The molecule has 0 radical (unpaired) electrons. The Bertz CT molecular complexity index is 992. The van der Waals surface area contributed by atoms with Crippen LogP contribution in [0.2, 0.25) is 0 Å². The summed E-state index contributed by atoms with van der Waals surface area (Å²) >= 11 is 0. The summed E-state index contributed by atoms with van der Waals surface area (Å²) in [5.41, 5.74) is 2.76. The lowest BCUT2D eigenvalue weighted by Gasteiger charge is -2.38. The first-order chi connectivity index (χ1) is 15.2. The molecule has 0 spiro atoms. The number of hydrogen-bond donors (Lipinski definition) is 1. The van der Waals surface area contributed by atoms with Crippen LogP contribution in [0, 0.1) is 11.8 Å². The first kappa shape index (κ1) is 23.6. The predicted molar refractivity (Wildman–Crippen MR) is 119 cm³/mol. The van der Waals surface area contributed by atoms with Gasteiger partial charge in [0.2, 0.25) is 0 Å². The number of hydrogen-bond acceptors (Lipinski definition) is 7. The normalized spacial score (nSPS) is 23.8. The number of carbonyl (C=O) groups excluding carboxylic acids is 3. The van der Waals surface area contributed by atoms with Crippen LogP contribution in [0.15, 0.2) is 46.8 Å². The largest absolute Gasteiger partial charge is 0.496 e. The molecule has 3 rings (SSSR count). The molecule has 7 nitrogen and oxygen atoms in total. The molecule has 32 heavy (non-hydrogen) atoms. The first-order valence-electron chi connectivity index (χ1n) is 10.9. The summed E-state index contributed by atoms with van der Waals surface area (Å²) in [7, 11) is 2.83. The van der Waals surface area contributed by atoms with Crippen molar-refractivity contribution in [2.24, 2.45) is 11.8 Å². The standard InChI is InChI=1S/C25H31NO6/c1-7-14(3)32-25(29)20-15(4)26-17-12-13(2)19(24(28)31-6)23(27)22(17)21(20)16-10-8-9-11-18(16)30-5/h8-11,13-14,19,21,26H,7,12H2,1-6H3/t13-,14+,19+,21+/m0/s1. The third-order valence-electron chi connectivity index (χ3n) is 6.30. The van der Waals surface area contributed by atoms with E-state index >= 15 is 0 Å². The van der Waals surface area contributed by atoms with Crippen molar-refractivity contribution in [1.29, 1.82) is 0 Å². The lowest BCUT2D eigenvalue weighted by atomic mass is 9.69. The summed E-state index contributed by atoms with van der Waals surface area (Å²) in [6, 6.07) is 7.29. The monoisotopic (exact) mass is 441 g/mol. The molecule has 2 aliphatic rings. The number of benzene rings is 1. The fourth-order valence-corrected chi connectivity index (χ4v) is 4.50. The van der Waals surface area contributed by atoms with Crippen LogP contribution in [0.25, 0.3) is 0 Å². The number of esters is 2. The Morgan fingerprint density at radius 2 is 1.91 bits per heavy atom. The number of ketones is 1. The van der Waals surface area contributed by atoms with E-state index in [4.69, 9.17) is 14.2 Å². The van der Waals surface area contributed by atoms with Crippen molar-refractivity contribution in [3.8, 4) is 5.75 Å². The van der Waals surface area contributed by atoms with Crippen molar-refractivity contribution in [3.63, 3.8) is 0 Å². The smallest absolute Gasteiger partial charge is 0.337 e. The van der Waals surface area contributed by atoms with Gasteiger partial charge in [-0.3, -0.25) is 9.59 Å². The summed E-state index contributed by atoms with van der Waals surface area (Å²) in [6.45, 7) is 7.42. The van der Waals surface area contributed by atoms with E-state index < -0.39 is 23.8 Å². The molecule has 7 heteroatoms. The zero-order valence-electron chi connectivity index (χ0n) is 19.5. The van der Waals surface area contributed by atoms with Gasteiger partial charge in [0, 0.05) is 22.5 Å². The van der Waals surface area contributed by atoms with Gasteiger partial charge in [0.15, 0.2) is 5.78 Å². The Morgan fingerprint density at radius 3 is 2.53 bits per heavy atom. The van der Waals surface area contributed by atoms with Gasteiger partial charge in [0.25, 0.3) is 0 Å². The predicted octanol–water partition coefficient (Wildman–Crippen LogP) is 3.65. The molecule has 1 aliphatic carbocycles. The average Bonchev–Trinajstić information content (AvgIpc) is 2.77. The minimum absolute atomic E-state index is 0.235. The lowest BCUT2D eigenvalue weighted by Crippen LogP contribution is -2.43. The van der Waals surface area contributed by atoms with Gasteiger partial charge in [0.05, 0.1) is 31.8 Å². The number of methoxy groups -OCH3 is 2. The molecule has 1 aromatic carbocycles. The second-order valence-electron chi connectivity index (χ2n) is 8.40. The maximum absolute atomic E-state index is 13.7. The maximum Gasteiger partial charge on any atom is 0.337 e. The van der Waals surface area contributed by atoms with Gasteiger partial charge in [-0.05, 0) is 38.7 Å².